The first-order valence-corrected chi connectivity index (χ1v) is 12.2. The molecule has 0 aliphatic rings. The zero-order chi connectivity index (χ0) is 24.7. The molecule has 0 atom stereocenters. The van der Waals surface area contributed by atoms with Crippen LogP contribution < -0.4 is 11.5 Å². The van der Waals surface area contributed by atoms with Crippen LogP contribution >= 0.6 is 0 Å². The first kappa shape index (κ1) is 23.5. The highest BCUT2D eigenvalue weighted by molar-refractivity contribution is 7.92. The Bertz CT molecular complexity index is 1420. The van der Waals surface area contributed by atoms with Crippen molar-refractivity contribution in [3.8, 4) is 34.3 Å². The molecule has 0 unspecified atom stereocenters. The SMILES string of the molecule is CC(C)S(=O)(=O)c1ccc(-c2cnc(N)c(-c3nnc(-c4ccc(C(C)(C)N)cc4)o3)n2)cc1. The number of nitrogens with zero attached hydrogens (tertiary/aromatic N) is 4. The second kappa shape index (κ2) is 8.62. The van der Waals surface area contributed by atoms with Gasteiger partial charge in [-0.05, 0) is 57.5 Å². The van der Waals surface area contributed by atoms with Crippen LogP contribution in [0.25, 0.3) is 34.3 Å². The van der Waals surface area contributed by atoms with Crippen LogP contribution in [0.5, 0.6) is 0 Å². The number of aromatic nitrogens is 4. The number of nitrogens with two attached hydrogens (primary N) is 2. The summed E-state index contributed by atoms with van der Waals surface area (Å²) in [6.45, 7) is 7.15. The summed E-state index contributed by atoms with van der Waals surface area (Å²) in [4.78, 5) is 9.00. The summed E-state index contributed by atoms with van der Waals surface area (Å²) in [6, 6.07) is 14.0. The first-order chi connectivity index (χ1) is 16.0. The van der Waals surface area contributed by atoms with Crippen molar-refractivity contribution in [3.05, 3.63) is 60.3 Å². The molecular formula is C24H26N6O3S. The van der Waals surface area contributed by atoms with Gasteiger partial charge in [0.2, 0.25) is 5.89 Å². The molecule has 0 saturated carbocycles. The molecule has 2 heterocycles. The molecule has 176 valence electrons. The lowest BCUT2D eigenvalue weighted by atomic mass is 9.95. The summed E-state index contributed by atoms with van der Waals surface area (Å²) in [6.07, 6.45) is 1.51. The summed E-state index contributed by atoms with van der Waals surface area (Å²) in [5, 5.41) is 7.70. The Labute approximate surface area is 198 Å². The molecular weight excluding hydrogens is 452 g/mol. The fourth-order valence-corrected chi connectivity index (χ4v) is 4.32. The second-order valence-electron chi connectivity index (χ2n) is 8.82. The van der Waals surface area contributed by atoms with Gasteiger partial charge in [0.25, 0.3) is 5.89 Å². The Morgan fingerprint density at radius 2 is 1.50 bits per heavy atom. The molecule has 0 fully saturated rings. The molecule has 2 aromatic heterocycles. The van der Waals surface area contributed by atoms with Gasteiger partial charge in [-0.1, -0.05) is 24.3 Å². The van der Waals surface area contributed by atoms with Gasteiger partial charge in [-0.15, -0.1) is 10.2 Å². The minimum atomic E-state index is -3.36. The van der Waals surface area contributed by atoms with Gasteiger partial charge in [0.15, 0.2) is 21.3 Å². The lowest BCUT2D eigenvalue weighted by Crippen LogP contribution is -2.28. The van der Waals surface area contributed by atoms with Gasteiger partial charge in [0.1, 0.15) is 0 Å². The average molecular weight is 479 g/mol. The predicted molar refractivity (Wildman–Crippen MR) is 130 cm³/mol. The smallest absolute Gasteiger partial charge is 0.270 e. The van der Waals surface area contributed by atoms with Gasteiger partial charge in [0.05, 0.1) is 22.0 Å². The van der Waals surface area contributed by atoms with Crippen molar-refractivity contribution >= 4 is 15.7 Å². The monoisotopic (exact) mass is 478 g/mol. The zero-order valence-corrected chi connectivity index (χ0v) is 20.2. The fraction of sp³-hybridized carbons (Fsp3) is 0.250. The highest BCUT2D eigenvalue weighted by atomic mass is 32.2. The molecule has 0 spiro atoms. The van der Waals surface area contributed by atoms with Gasteiger partial charge in [-0.3, -0.25) is 0 Å². The number of anilines is 1. The number of sulfone groups is 1. The molecule has 0 radical (unpaired) electrons. The van der Waals surface area contributed by atoms with E-state index in [-0.39, 0.29) is 22.3 Å². The lowest BCUT2D eigenvalue weighted by Gasteiger charge is -2.18. The topological polar surface area (TPSA) is 151 Å². The highest BCUT2D eigenvalue weighted by Crippen LogP contribution is 2.29. The molecule has 4 rings (SSSR count). The molecule has 0 aliphatic carbocycles. The largest absolute Gasteiger partial charge is 0.414 e. The minimum absolute atomic E-state index is 0.129. The maximum Gasteiger partial charge on any atom is 0.270 e. The van der Waals surface area contributed by atoms with E-state index >= 15 is 0 Å². The normalized spacial score (nSPS) is 12.3. The lowest BCUT2D eigenvalue weighted by molar-refractivity contribution is 0.554. The van der Waals surface area contributed by atoms with E-state index in [9.17, 15) is 8.42 Å². The van der Waals surface area contributed by atoms with Crippen molar-refractivity contribution in [1.29, 1.82) is 0 Å². The van der Waals surface area contributed by atoms with E-state index in [2.05, 4.69) is 20.2 Å². The minimum Gasteiger partial charge on any atom is -0.414 e. The van der Waals surface area contributed by atoms with Crippen molar-refractivity contribution in [1.82, 2.24) is 20.2 Å². The van der Waals surface area contributed by atoms with Crippen molar-refractivity contribution in [2.24, 2.45) is 5.73 Å². The van der Waals surface area contributed by atoms with Crippen LogP contribution in [0.3, 0.4) is 0 Å². The highest BCUT2D eigenvalue weighted by Gasteiger charge is 2.20. The molecule has 4 N–H and O–H groups in total. The number of nitrogen functional groups attached to an aromatic ring is 1. The van der Waals surface area contributed by atoms with E-state index in [0.29, 0.717) is 17.1 Å². The van der Waals surface area contributed by atoms with Gasteiger partial charge in [-0.2, -0.15) is 0 Å². The molecule has 2 aromatic carbocycles. The molecule has 0 aliphatic heterocycles. The van der Waals surface area contributed by atoms with Crippen molar-refractivity contribution in [3.63, 3.8) is 0 Å². The summed E-state index contributed by atoms with van der Waals surface area (Å²) >= 11 is 0. The maximum atomic E-state index is 12.4. The second-order valence-corrected chi connectivity index (χ2v) is 11.3. The third kappa shape index (κ3) is 4.55. The molecule has 0 amide bonds. The molecule has 0 saturated heterocycles. The summed E-state index contributed by atoms with van der Waals surface area (Å²) in [5.41, 5.74) is 14.8. The first-order valence-electron chi connectivity index (χ1n) is 10.7. The van der Waals surface area contributed by atoms with Gasteiger partial charge in [0, 0.05) is 16.7 Å². The summed E-state index contributed by atoms with van der Waals surface area (Å²) < 4.78 is 30.6. The zero-order valence-electron chi connectivity index (χ0n) is 19.4. The number of rotatable bonds is 6. The predicted octanol–water partition coefficient (Wildman–Crippen LogP) is 3.82. The van der Waals surface area contributed by atoms with Crippen LogP contribution in [0.15, 0.2) is 64.0 Å². The Morgan fingerprint density at radius 1 is 0.912 bits per heavy atom. The maximum absolute atomic E-state index is 12.4. The Hall–Kier alpha value is -3.63. The van der Waals surface area contributed by atoms with Crippen LogP contribution in [0.1, 0.15) is 33.3 Å². The Kier molecular flexibility index (Phi) is 5.96. The Morgan fingerprint density at radius 3 is 2.09 bits per heavy atom. The van der Waals surface area contributed by atoms with Gasteiger partial charge >= 0.3 is 0 Å². The number of hydrogen-bond donors (Lipinski definition) is 2. The number of benzene rings is 2. The molecule has 9 nitrogen and oxygen atoms in total. The van der Waals surface area contributed by atoms with Gasteiger partial charge < -0.3 is 15.9 Å². The number of hydrogen-bond acceptors (Lipinski definition) is 9. The van der Waals surface area contributed by atoms with Crippen LogP contribution in [0.2, 0.25) is 0 Å². The van der Waals surface area contributed by atoms with E-state index in [0.717, 1.165) is 11.1 Å². The standard InChI is InChI=1S/C24H26N6O3S/c1-14(2)34(31,32)18-11-7-15(8-12-18)19-13-27-21(25)20(28-19)23-30-29-22(33-23)16-5-9-17(10-6-16)24(3,4)26/h5-14H,26H2,1-4H3,(H2,25,27). The van der Waals surface area contributed by atoms with Crippen LogP contribution in [-0.4, -0.2) is 33.8 Å². The van der Waals surface area contributed by atoms with E-state index in [1.54, 1.807) is 38.1 Å². The summed E-state index contributed by atoms with van der Waals surface area (Å²) in [5.74, 6) is 0.577. The van der Waals surface area contributed by atoms with E-state index < -0.39 is 20.6 Å². The van der Waals surface area contributed by atoms with E-state index in [1.807, 2.05) is 38.1 Å². The van der Waals surface area contributed by atoms with Crippen LogP contribution in [0.4, 0.5) is 5.82 Å². The Balaban J connectivity index is 1.64. The third-order valence-electron chi connectivity index (χ3n) is 5.40. The third-order valence-corrected chi connectivity index (χ3v) is 7.57. The van der Waals surface area contributed by atoms with Crippen molar-refractivity contribution in [2.45, 2.75) is 43.4 Å². The average Bonchev–Trinajstić information content (AvgIpc) is 3.29. The molecule has 10 heteroatoms. The molecule has 34 heavy (non-hydrogen) atoms. The van der Waals surface area contributed by atoms with Gasteiger partial charge in [-0.25, -0.2) is 18.4 Å². The molecule has 0 bridgehead atoms. The van der Waals surface area contributed by atoms with E-state index in [1.165, 1.54) is 6.20 Å². The molecule has 4 aromatic rings. The van der Waals surface area contributed by atoms with Crippen LogP contribution in [0, 0.1) is 0 Å². The fourth-order valence-electron chi connectivity index (χ4n) is 3.26. The quantitative estimate of drug-likeness (QED) is 0.421. The van der Waals surface area contributed by atoms with Crippen molar-refractivity contribution < 1.29 is 12.8 Å². The van der Waals surface area contributed by atoms with Crippen molar-refractivity contribution in [2.75, 3.05) is 5.73 Å². The summed E-state index contributed by atoms with van der Waals surface area (Å²) in [7, 11) is -3.36. The van der Waals surface area contributed by atoms with Crippen LogP contribution in [-0.2, 0) is 15.4 Å². The van der Waals surface area contributed by atoms with E-state index in [4.69, 9.17) is 15.9 Å².